The monoisotopic (exact) mass is 288 g/mol. The average Bonchev–Trinajstić information content (AvgIpc) is 2.80. The topological polar surface area (TPSA) is 15.3 Å². The van der Waals surface area contributed by atoms with Gasteiger partial charge in [-0.1, -0.05) is 24.6 Å². The summed E-state index contributed by atoms with van der Waals surface area (Å²) in [5, 5.41) is 3.79. The molecule has 1 aromatic rings. The van der Waals surface area contributed by atoms with E-state index in [0.29, 0.717) is 6.04 Å². The molecule has 1 saturated heterocycles. The van der Waals surface area contributed by atoms with Crippen LogP contribution in [0.2, 0.25) is 0 Å². The van der Waals surface area contributed by atoms with E-state index >= 15 is 0 Å². The average molecular weight is 288 g/mol. The zero-order valence-corrected chi connectivity index (χ0v) is 14.5. The van der Waals surface area contributed by atoms with E-state index in [-0.39, 0.29) is 0 Å². The highest BCUT2D eigenvalue weighted by molar-refractivity contribution is 5.40. The lowest BCUT2D eigenvalue weighted by atomic mass is 9.93. The molecular weight excluding hydrogens is 256 g/mol. The summed E-state index contributed by atoms with van der Waals surface area (Å²) < 4.78 is 0. The first-order valence-electron chi connectivity index (χ1n) is 8.58. The second-order valence-electron chi connectivity index (χ2n) is 6.81. The van der Waals surface area contributed by atoms with Crippen LogP contribution in [0.5, 0.6) is 0 Å². The van der Waals surface area contributed by atoms with Crippen molar-refractivity contribution in [2.45, 2.75) is 66.0 Å². The number of nitrogens with zero attached hydrogens (tertiary/aromatic N) is 1. The second kappa shape index (κ2) is 7.42. The molecule has 0 amide bonds. The molecule has 1 aromatic carbocycles. The molecule has 0 bridgehead atoms. The third kappa shape index (κ3) is 4.08. The van der Waals surface area contributed by atoms with E-state index in [1.165, 1.54) is 48.1 Å². The molecule has 0 spiro atoms. The lowest BCUT2D eigenvalue weighted by Crippen LogP contribution is -2.38. The van der Waals surface area contributed by atoms with Crippen LogP contribution in [0, 0.1) is 20.8 Å². The highest BCUT2D eigenvalue weighted by Gasteiger charge is 2.25. The van der Waals surface area contributed by atoms with Crippen molar-refractivity contribution in [1.82, 2.24) is 10.2 Å². The molecule has 1 fully saturated rings. The summed E-state index contributed by atoms with van der Waals surface area (Å²) in [5.74, 6) is 0. The van der Waals surface area contributed by atoms with E-state index < -0.39 is 0 Å². The van der Waals surface area contributed by atoms with Gasteiger partial charge in [0, 0.05) is 18.6 Å². The lowest BCUT2D eigenvalue weighted by Gasteiger charge is -2.30. The first-order chi connectivity index (χ1) is 10.0. The summed E-state index contributed by atoms with van der Waals surface area (Å²) in [7, 11) is 0. The standard InChI is InChI=1S/C19H32N2/c1-6-9-20-18(13-21-10-7-8-17(21)5)19-15(3)11-14(2)12-16(19)4/h11-12,17-18,20H,6-10,13H2,1-5H3. The SMILES string of the molecule is CCCNC(CN1CCCC1C)c1c(C)cc(C)cc1C. The second-order valence-corrected chi connectivity index (χ2v) is 6.81. The predicted octanol–water partition coefficient (Wildman–Crippen LogP) is 4.14. The molecule has 0 radical (unpaired) electrons. The Labute approximate surface area is 130 Å². The van der Waals surface area contributed by atoms with Gasteiger partial charge in [-0.3, -0.25) is 4.90 Å². The summed E-state index contributed by atoms with van der Waals surface area (Å²) in [6.45, 7) is 14.9. The van der Waals surface area contributed by atoms with E-state index in [4.69, 9.17) is 0 Å². The molecule has 1 aliphatic rings. The Kier molecular flexibility index (Phi) is 5.83. The maximum Gasteiger partial charge on any atom is 0.0454 e. The Morgan fingerprint density at radius 2 is 1.90 bits per heavy atom. The van der Waals surface area contributed by atoms with Crippen molar-refractivity contribution in [1.29, 1.82) is 0 Å². The van der Waals surface area contributed by atoms with E-state index in [9.17, 15) is 0 Å². The fourth-order valence-electron chi connectivity index (χ4n) is 3.82. The molecule has 1 heterocycles. The van der Waals surface area contributed by atoms with E-state index in [1.54, 1.807) is 0 Å². The number of hydrogen-bond acceptors (Lipinski definition) is 2. The largest absolute Gasteiger partial charge is 0.309 e. The van der Waals surface area contributed by atoms with E-state index in [2.05, 4.69) is 57.0 Å². The summed E-state index contributed by atoms with van der Waals surface area (Å²) >= 11 is 0. The van der Waals surface area contributed by atoms with Gasteiger partial charge >= 0.3 is 0 Å². The Bertz CT molecular complexity index is 444. The molecule has 2 atom stereocenters. The summed E-state index contributed by atoms with van der Waals surface area (Å²) in [6.07, 6.45) is 3.90. The number of likely N-dealkylation sites (tertiary alicyclic amines) is 1. The molecule has 2 unspecified atom stereocenters. The van der Waals surface area contributed by atoms with Crippen LogP contribution in [-0.4, -0.2) is 30.6 Å². The van der Waals surface area contributed by atoms with Gasteiger partial charge < -0.3 is 5.32 Å². The molecule has 2 heteroatoms. The van der Waals surface area contributed by atoms with Crippen LogP contribution in [0.1, 0.15) is 61.4 Å². The minimum absolute atomic E-state index is 0.464. The zero-order chi connectivity index (χ0) is 15.4. The lowest BCUT2D eigenvalue weighted by molar-refractivity contribution is 0.236. The van der Waals surface area contributed by atoms with Crippen LogP contribution in [0.25, 0.3) is 0 Å². The number of nitrogens with one attached hydrogen (secondary N) is 1. The van der Waals surface area contributed by atoms with Crippen LogP contribution in [-0.2, 0) is 0 Å². The number of rotatable bonds is 6. The molecule has 1 N–H and O–H groups in total. The summed E-state index contributed by atoms with van der Waals surface area (Å²) in [5.41, 5.74) is 5.77. The third-order valence-electron chi connectivity index (χ3n) is 4.83. The molecule has 21 heavy (non-hydrogen) atoms. The quantitative estimate of drug-likeness (QED) is 0.846. The molecule has 2 rings (SSSR count). The van der Waals surface area contributed by atoms with Gasteiger partial charge in [0.05, 0.1) is 0 Å². The minimum Gasteiger partial charge on any atom is -0.309 e. The Hall–Kier alpha value is -0.860. The van der Waals surface area contributed by atoms with Crippen molar-refractivity contribution in [3.05, 3.63) is 34.4 Å². The van der Waals surface area contributed by atoms with Crippen molar-refractivity contribution in [2.24, 2.45) is 0 Å². The number of benzene rings is 1. The zero-order valence-electron chi connectivity index (χ0n) is 14.5. The minimum atomic E-state index is 0.464. The van der Waals surface area contributed by atoms with Crippen LogP contribution >= 0.6 is 0 Å². The maximum atomic E-state index is 3.79. The molecular formula is C19H32N2. The summed E-state index contributed by atoms with van der Waals surface area (Å²) in [4.78, 5) is 2.66. The van der Waals surface area contributed by atoms with Crippen LogP contribution in [0.4, 0.5) is 0 Å². The van der Waals surface area contributed by atoms with Gasteiger partial charge in [-0.25, -0.2) is 0 Å². The van der Waals surface area contributed by atoms with Gasteiger partial charge in [-0.05, 0) is 76.7 Å². The normalized spacial score (nSPS) is 20.9. The van der Waals surface area contributed by atoms with Crippen molar-refractivity contribution in [3.8, 4) is 0 Å². The van der Waals surface area contributed by atoms with Gasteiger partial charge in [-0.15, -0.1) is 0 Å². The van der Waals surface area contributed by atoms with Gasteiger partial charge in [-0.2, -0.15) is 0 Å². The van der Waals surface area contributed by atoms with Crippen molar-refractivity contribution in [2.75, 3.05) is 19.6 Å². The molecule has 0 aliphatic carbocycles. The maximum absolute atomic E-state index is 3.79. The van der Waals surface area contributed by atoms with Crippen molar-refractivity contribution < 1.29 is 0 Å². The van der Waals surface area contributed by atoms with Crippen LogP contribution in [0.3, 0.4) is 0 Å². The molecule has 0 aromatic heterocycles. The van der Waals surface area contributed by atoms with E-state index in [1.807, 2.05) is 0 Å². The third-order valence-corrected chi connectivity index (χ3v) is 4.83. The van der Waals surface area contributed by atoms with Crippen LogP contribution < -0.4 is 5.32 Å². The van der Waals surface area contributed by atoms with Gasteiger partial charge in [0.15, 0.2) is 0 Å². The first-order valence-corrected chi connectivity index (χ1v) is 8.58. The van der Waals surface area contributed by atoms with Crippen molar-refractivity contribution in [3.63, 3.8) is 0 Å². The fraction of sp³-hybridized carbons (Fsp3) is 0.684. The fourth-order valence-corrected chi connectivity index (χ4v) is 3.82. The Morgan fingerprint density at radius 1 is 1.24 bits per heavy atom. The number of aryl methyl sites for hydroxylation is 3. The highest BCUT2D eigenvalue weighted by atomic mass is 15.2. The molecule has 0 saturated carbocycles. The van der Waals surface area contributed by atoms with Crippen molar-refractivity contribution >= 4 is 0 Å². The highest BCUT2D eigenvalue weighted by Crippen LogP contribution is 2.27. The Balaban J connectivity index is 2.22. The molecule has 118 valence electrons. The smallest absolute Gasteiger partial charge is 0.0454 e. The first kappa shape index (κ1) is 16.5. The van der Waals surface area contributed by atoms with Gasteiger partial charge in [0.1, 0.15) is 0 Å². The predicted molar refractivity (Wildman–Crippen MR) is 92.0 cm³/mol. The number of hydrogen-bond donors (Lipinski definition) is 1. The van der Waals surface area contributed by atoms with Gasteiger partial charge in [0.25, 0.3) is 0 Å². The van der Waals surface area contributed by atoms with Gasteiger partial charge in [0.2, 0.25) is 0 Å². The molecule has 1 aliphatic heterocycles. The van der Waals surface area contributed by atoms with E-state index in [0.717, 1.165) is 19.1 Å². The molecule has 2 nitrogen and oxygen atoms in total. The summed E-state index contributed by atoms with van der Waals surface area (Å²) in [6, 6.07) is 5.86. The Morgan fingerprint density at radius 3 is 2.43 bits per heavy atom. The van der Waals surface area contributed by atoms with Crippen LogP contribution in [0.15, 0.2) is 12.1 Å².